The van der Waals surface area contributed by atoms with Crippen molar-refractivity contribution in [2.45, 2.75) is 0 Å². The maximum atomic E-state index is 9.42. The molecule has 0 saturated carbocycles. The lowest BCUT2D eigenvalue weighted by atomic mass is 10.1. The summed E-state index contributed by atoms with van der Waals surface area (Å²) < 4.78 is 10.6. The van der Waals surface area contributed by atoms with Crippen molar-refractivity contribution in [3.05, 3.63) is 57.9 Å². The van der Waals surface area contributed by atoms with Gasteiger partial charge < -0.3 is 9.47 Å². The van der Waals surface area contributed by atoms with Gasteiger partial charge in [-0.2, -0.15) is 10.4 Å². The SMILES string of the molecule is COc1ccc(-c2csc(/C(C#N)=N\Nc3ccc(Cl)cc3)n2)cc1OC. The number of ether oxygens (including phenoxy) is 2. The number of halogens is 1. The minimum Gasteiger partial charge on any atom is -0.493 e. The van der Waals surface area contributed by atoms with Gasteiger partial charge in [0.05, 0.1) is 25.6 Å². The maximum Gasteiger partial charge on any atom is 0.196 e. The number of hydrogen-bond donors (Lipinski definition) is 1. The highest BCUT2D eigenvalue weighted by Crippen LogP contribution is 2.32. The lowest BCUT2D eigenvalue weighted by Gasteiger charge is -2.08. The maximum absolute atomic E-state index is 9.42. The fourth-order valence-electron chi connectivity index (χ4n) is 2.28. The molecule has 0 amide bonds. The zero-order valence-electron chi connectivity index (χ0n) is 14.6. The van der Waals surface area contributed by atoms with Gasteiger partial charge in [0, 0.05) is 16.0 Å². The molecule has 0 fully saturated rings. The number of nitrogens with one attached hydrogen (secondary N) is 1. The van der Waals surface area contributed by atoms with Gasteiger partial charge in [-0.05, 0) is 42.5 Å². The van der Waals surface area contributed by atoms with Crippen LogP contribution in [0.3, 0.4) is 0 Å². The van der Waals surface area contributed by atoms with Crippen LogP contribution in [0.15, 0.2) is 52.9 Å². The number of hydrazone groups is 1. The number of thiazole rings is 1. The Morgan fingerprint density at radius 2 is 1.89 bits per heavy atom. The fourth-order valence-corrected chi connectivity index (χ4v) is 3.17. The molecule has 0 aliphatic rings. The van der Waals surface area contributed by atoms with Gasteiger partial charge in [0.25, 0.3) is 0 Å². The summed E-state index contributed by atoms with van der Waals surface area (Å²) in [7, 11) is 3.17. The van der Waals surface area contributed by atoms with E-state index < -0.39 is 0 Å². The highest BCUT2D eigenvalue weighted by atomic mass is 35.5. The Labute approximate surface area is 165 Å². The number of benzene rings is 2. The van der Waals surface area contributed by atoms with Crippen molar-refractivity contribution < 1.29 is 9.47 Å². The average Bonchev–Trinajstić information content (AvgIpc) is 3.19. The van der Waals surface area contributed by atoms with E-state index in [1.54, 1.807) is 38.5 Å². The van der Waals surface area contributed by atoms with Crippen molar-refractivity contribution in [3.8, 4) is 28.8 Å². The van der Waals surface area contributed by atoms with Gasteiger partial charge in [-0.1, -0.05) is 11.6 Å². The van der Waals surface area contributed by atoms with Crippen LogP contribution in [0.1, 0.15) is 5.01 Å². The third kappa shape index (κ3) is 4.37. The first kappa shape index (κ1) is 18.7. The van der Waals surface area contributed by atoms with Crippen molar-refractivity contribution in [2.24, 2.45) is 5.10 Å². The van der Waals surface area contributed by atoms with Gasteiger partial charge in [0.2, 0.25) is 0 Å². The molecule has 3 rings (SSSR count). The van der Waals surface area contributed by atoms with Crippen LogP contribution in [0.4, 0.5) is 5.69 Å². The predicted molar refractivity (Wildman–Crippen MR) is 108 cm³/mol. The Balaban J connectivity index is 1.84. The van der Waals surface area contributed by atoms with Gasteiger partial charge in [0.1, 0.15) is 6.07 Å². The molecule has 0 aliphatic heterocycles. The molecule has 27 heavy (non-hydrogen) atoms. The van der Waals surface area contributed by atoms with E-state index in [0.717, 1.165) is 16.9 Å². The third-order valence-electron chi connectivity index (χ3n) is 3.63. The number of methoxy groups -OCH3 is 2. The van der Waals surface area contributed by atoms with E-state index in [1.165, 1.54) is 11.3 Å². The van der Waals surface area contributed by atoms with Crippen LogP contribution in [-0.4, -0.2) is 24.9 Å². The molecule has 1 aromatic heterocycles. The van der Waals surface area contributed by atoms with E-state index >= 15 is 0 Å². The molecule has 0 radical (unpaired) electrons. The number of nitrogens with zero attached hydrogens (tertiary/aromatic N) is 3. The summed E-state index contributed by atoms with van der Waals surface area (Å²) in [6.45, 7) is 0. The summed E-state index contributed by atoms with van der Waals surface area (Å²) in [6.07, 6.45) is 0. The number of aromatic nitrogens is 1. The summed E-state index contributed by atoms with van der Waals surface area (Å²) in [6, 6.07) is 14.6. The molecule has 136 valence electrons. The first-order chi connectivity index (χ1) is 13.1. The van der Waals surface area contributed by atoms with Crippen molar-refractivity contribution in [2.75, 3.05) is 19.6 Å². The minimum absolute atomic E-state index is 0.196. The average molecular weight is 399 g/mol. The molecular weight excluding hydrogens is 384 g/mol. The number of hydrogen-bond acceptors (Lipinski definition) is 7. The lowest BCUT2D eigenvalue weighted by molar-refractivity contribution is 0.355. The highest BCUT2D eigenvalue weighted by molar-refractivity contribution is 7.12. The number of rotatable bonds is 6. The molecule has 0 spiro atoms. The van der Waals surface area contributed by atoms with E-state index in [9.17, 15) is 5.26 Å². The first-order valence-electron chi connectivity index (χ1n) is 7.82. The Morgan fingerprint density at radius 3 is 2.56 bits per heavy atom. The van der Waals surface area contributed by atoms with E-state index in [2.05, 4.69) is 21.6 Å². The smallest absolute Gasteiger partial charge is 0.196 e. The third-order valence-corrected chi connectivity index (χ3v) is 4.73. The molecule has 8 heteroatoms. The van der Waals surface area contributed by atoms with Crippen LogP contribution >= 0.6 is 22.9 Å². The molecule has 0 unspecified atom stereocenters. The number of anilines is 1. The molecule has 1 heterocycles. The molecule has 0 atom stereocenters. The standard InChI is InChI=1S/C19H15ClN4O2S/c1-25-17-8-3-12(9-18(17)26-2)16-11-27-19(22-16)15(10-21)24-23-14-6-4-13(20)5-7-14/h3-9,11,23H,1-2H3/b24-15-. The van der Waals surface area contributed by atoms with Crippen molar-refractivity contribution >= 4 is 34.3 Å². The van der Waals surface area contributed by atoms with Crippen molar-refractivity contribution in [1.82, 2.24) is 4.98 Å². The number of nitriles is 1. The topological polar surface area (TPSA) is 79.5 Å². The molecule has 6 nitrogen and oxygen atoms in total. The van der Waals surface area contributed by atoms with Gasteiger partial charge >= 0.3 is 0 Å². The molecule has 0 saturated heterocycles. The second-order valence-corrected chi connectivity index (χ2v) is 6.59. The molecule has 3 aromatic rings. The zero-order valence-corrected chi connectivity index (χ0v) is 16.1. The Bertz CT molecular complexity index is 1010. The van der Waals surface area contributed by atoms with Gasteiger partial charge in [0.15, 0.2) is 22.2 Å². The normalized spacial score (nSPS) is 11.0. The van der Waals surface area contributed by atoms with Gasteiger partial charge in [-0.15, -0.1) is 11.3 Å². The van der Waals surface area contributed by atoms with E-state index in [1.807, 2.05) is 23.6 Å². The van der Waals surface area contributed by atoms with E-state index in [4.69, 9.17) is 21.1 Å². The second kappa shape index (κ2) is 8.54. The monoisotopic (exact) mass is 398 g/mol. The second-order valence-electron chi connectivity index (χ2n) is 5.30. The van der Waals surface area contributed by atoms with Gasteiger partial charge in [-0.3, -0.25) is 5.43 Å². The molecule has 1 N–H and O–H groups in total. The Kier molecular flexibility index (Phi) is 5.91. The summed E-state index contributed by atoms with van der Waals surface area (Å²) in [5.74, 6) is 1.26. The van der Waals surface area contributed by atoms with E-state index in [-0.39, 0.29) is 5.71 Å². The minimum atomic E-state index is 0.196. The quantitative estimate of drug-likeness (QED) is 0.475. The fraction of sp³-hybridized carbons (Fsp3) is 0.105. The molecule has 0 aliphatic carbocycles. The van der Waals surface area contributed by atoms with Gasteiger partial charge in [-0.25, -0.2) is 4.98 Å². The summed E-state index contributed by atoms with van der Waals surface area (Å²) in [5.41, 5.74) is 5.35. The molecule has 0 bridgehead atoms. The Morgan fingerprint density at radius 1 is 1.15 bits per heavy atom. The summed E-state index contributed by atoms with van der Waals surface area (Å²) >= 11 is 7.20. The zero-order chi connectivity index (χ0) is 19.2. The van der Waals surface area contributed by atoms with Crippen LogP contribution in [0, 0.1) is 11.3 Å². The van der Waals surface area contributed by atoms with Crippen LogP contribution in [0.25, 0.3) is 11.3 Å². The Hall–Kier alpha value is -3.08. The lowest BCUT2D eigenvalue weighted by Crippen LogP contribution is -2.01. The summed E-state index contributed by atoms with van der Waals surface area (Å²) in [4.78, 5) is 4.52. The van der Waals surface area contributed by atoms with Crippen LogP contribution in [0.5, 0.6) is 11.5 Å². The van der Waals surface area contributed by atoms with Crippen molar-refractivity contribution in [3.63, 3.8) is 0 Å². The van der Waals surface area contributed by atoms with Crippen molar-refractivity contribution in [1.29, 1.82) is 5.26 Å². The highest BCUT2D eigenvalue weighted by Gasteiger charge is 2.12. The predicted octanol–water partition coefficient (Wildman–Crippen LogP) is 4.82. The largest absolute Gasteiger partial charge is 0.493 e. The van der Waals surface area contributed by atoms with Crippen LogP contribution < -0.4 is 14.9 Å². The van der Waals surface area contributed by atoms with Crippen LogP contribution in [0.2, 0.25) is 5.02 Å². The molecular formula is C19H15ClN4O2S. The van der Waals surface area contributed by atoms with E-state index in [0.29, 0.717) is 21.5 Å². The molecule has 2 aromatic carbocycles. The summed E-state index contributed by atoms with van der Waals surface area (Å²) in [5, 5.41) is 16.6. The first-order valence-corrected chi connectivity index (χ1v) is 9.08. The van der Waals surface area contributed by atoms with Crippen LogP contribution in [-0.2, 0) is 0 Å².